The molecule has 0 aliphatic rings. The topological polar surface area (TPSA) is 78.5 Å². The third kappa shape index (κ3) is 6.19. The number of hydrogen-bond acceptors (Lipinski definition) is 4. The monoisotopic (exact) mass is 699 g/mol. The Labute approximate surface area is 214 Å². The van der Waals surface area contributed by atoms with E-state index in [9.17, 15) is 14.7 Å². The van der Waals surface area contributed by atoms with Gasteiger partial charge in [0.15, 0.2) is 5.75 Å². The van der Waals surface area contributed by atoms with E-state index in [1.165, 1.54) is 0 Å². The number of carboxylic acid groups (broad SMARTS) is 1. The van der Waals surface area contributed by atoms with Gasteiger partial charge in [-0.05, 0) is 86.8 Å². The van der Waals surface area contributed by atoms with Gasteiger partial charge in [0.25, 0.3) is 5.91 Å². The molecule has 0 saturated heterocycles. The molecule has 2 aromatic carbocycles. The van der Waals surface area contributed by atoms with Crippen LogP contribution in [0.2, 0.25) is 0 Å². The largest absolute Gasteiger partial charge is 1.00 e. The summed E-state index contributed by atoms with van der Waals surface area (Å²) >= 11 is 6.35. The average Bonchev–Trinajstić information content (AvgIpc) is 2.52. The fourth-order valence-corrected chi connectivity index (χ4v) is 6.22. The van der Waals surface area contributed by atoms with Crippen LogP contribution in [-0.2, 0) is 11.2 Å². The molecule has 0 aromatic heterocycles. The van der Waals surface area contributed by atoms with Crippen LogP contribution in [0.3, 0.4) is 0 Å². The molecule has 1 N–H and O–H groups in total. The first-order valence-corrected chi connectivity index (χ1v) is 10.5. The van der Waals surface area contributed by atoms with Gasteiger partial charge in [-0.1, -0.05) is 18.2 Å². The van der Waals surface area contributed by atoms with Gasteiger partial charge in [-0.15, -0.1) is 0 Å². The van der Waals surface area contributed by atoms with E-state index in [4.69, 9.17) is 4.74 Å². The predicted molar refractivity (Wildman–Crippen MR) is 118 cm³/mol. The van der Waals surface area contributed by atoms with Crippen LogP contribution in [0.25, 0.3) is 0 Å². The predicted octanol–water partition coefficient (Wildman–Crippen LogP) is 0.339. The van der Waals surface area contributed by atoms with Crippen molar-refractivity contribution in [3.05, 3.63) is 52.2 Å². The van der Waals surface area contributed by atoms with E-state index in [0.29, 0.717) is 32.7 Å². The van der Waals surface area contributed by atoms with Gasteiger partial charge in [-0.2, -0.15) is 0 Å². The molecule has 0 radical (unpaired) electrons. The number of ether oxygens (including phenoxy) is 1. The fraction of sp³-hybridized carbons (Fsp3) is 0.176. The van der Waals surface area contributed by atoms with Crippen molar-refractivity contribution in [2.75, 3.05) is 6.54 Å². The van der Waals surface area contributed by atoms with E-state index in [0.717, 1.165) is 7.14 Å². The van der Waals surface area contributed by atoms with Crippen LogP contribution < -0.4 is 44.7 Å². The molecule has 0 spiro atoms. The third-order valence-electron chi connectivity index (χ3n) is 3.21. The van der Waals surface area contributed by atoms with Gasteiger partial charge in [0.05, 0.1) is 12.7 Å². The summed E-state index contributed by atoms with van der Waals surface area (Å²) in [4.78, 5) is 23.3. The minimum Gasteiger partial charge on any atom is -0.550 e. The smallest absolute Gasteiger partial charge is 0.550 e. The molecule has 132 valence electrons. The maximum Gasteiger partial charge on any atom is 1.00 e. The summed E-state index contributed by atoms with van der Waals surface area (Å²) in [5, 5.41) is 13.7. The second-order valence-corrected chi connectivity index (χ2v) is 8.38. The molecule has 0 aliphatic carbocycles. The Morgan fingerprint density at radius 2 is 1.81 bits per heavy atom. The Bertz CT molecular complexity index is 830. The minimum atomic E-state index is -1.17. The third-order valence-corrected chi connectivity index (χ3v) is 5.89. The van der Waals surface area contributed by atoms with Crippen molar-refractivity contribution in [3.63, 3.8) is 0 Å². The summed E-state index contributed by atoms with van der Waals surface area (Å²) in [6.45, 7) is 2.39. The van der Waals surface area contributed by atoms with Gasteiger partial charge in [0, 0.05) is 28.1 Å². The molecular weight excluding hydrogens is 686 g/mol. The van der Waals surface area contributed by atoms with Crippen molar-refractivity contribution in [2.45, 2.75) is 13.3 Å². The van der Waals surface area contributed by atoms with Crippen molar-refractivity contribution in [3.8, 4) is 11.5 Å². The molecular formula is C17H13I3NNaO4. The summed E-state index contributed by atoms with van der Waals surface area (Å²) in [6.07, 6.45) is -0.239. The van der Waals surface area contributed by atoms with Gasteiger partial charge in [0.2, 0.25) is 0 Å². The minimum absolute atomic E-state index is 0. The zero-order valence-corrected chi connectivity index (χ0v) is 22.5. The molecule has 0 unspecified atom stereocenters. The van der Waals surface area contributed by atoms with Crippen LogP contribution in [0.1, 0.15) is 22.8 Å². The standard InChI is InChI=1S/C17H14I3NO4.Na/c1-2-21-17(24)14-10(18)8-11(19)16(15(14)20)25-12-6-4-3-5-9(12)7-13(22)23;/h3-6,8H,2,7H2,1H3,(H,21,24)(H,22,23);/q;+1/p-1. The fourth-order valence-electron chi connectivity index (χ4n) is 2.14. The van der Waals surface area contributed by atoms with Crippen LogP contribution in [0.15, 0.2) is 30.3 Å². The van der Waals surface area contributed by atoms with Gasteiger partial charge in [0.1, 0.15) is 5.75 Å². The van der Waals surface area contributed by atoms with Crippen LogP contribution in [0, 0.1) is 10.7 Å². The summed E-state index contributed by atoms with van der Waals surface area (Å²) in [7, 11) is 0. The quantitative estimate of drug-likeness (QED) is 0.349. The van der Waals surface area contributed by atoms with E-state index in [1.54, 1.807) is 24.3 Å². The maximum atomic E-state index is 12.4. The Morgan fingerprint density at radius 1 is 1.15 bits per heavy atom. The van der Waals surface area contributed by atoms with Crippen molar-refractivity contribution in [1.29, 1.82) is 0 Å². The van der Waals surface area contributed by atoms with Gasteiger partial charge < -0.3 is 20.0 Å². The number of hydrogen-bond donors (Lipinski definition) is 1. The Morgan fingerprint density at radius 3 is 2.42 bits per heavy atom. The number of halogens is 3. The van der Waals surface area contributed by atoms with Gasteiger partial charge >= 0.3 is 29.6 Å². The van der Waals surface area contributed by atoms with Crippen LogP contribution in [0.5, 0.6) is 11.5 Å². The van der Waals surface area contributed by atoms with Gasteiger partial charge in [-0.25, -0.2) is 0 Å². The summed E-state index contributed by atoms with van der Waals surface area (Å²) in [5.41, 5.74) is 1.07. The number of carbonyl (C=O) groups is 2. The summed E-state index contributed by atoms with van der Waals surface area (Å²) < 4.78 is 8.35. The molecule has 2 aromatic rings. The molecule has 0 bridgehead atoms. The molecule has 0 heterocycles. The van der Waals surface area contributed by atoms with E-state index in [-0.39, 0.29) is 41.9 Å². The summed E-state index contributed by atoms with van der Waals surface area (Å²) in [6, 6.07) is 8.77. The van der Waals surface area contributed by atoms with E-state index in [1.807, 2.05) is 13.0 Å². The molecule has 0 atom stereocenters. The molecule has 26 heavy (non-hydrogen) atoms. The second-order valence-electron chi connectivity index (χ2n) is 4.98. The van der Waals surface area contributed by atoms with Crippen LogP contribution in [-0.4, -0.2) is 18.4 Å². The SMILES string of the molecule is CCNC(=O)c1c(I)cc(I)c(Oc2ccccc2CC(=O)[O-])c1I.[Na+]. The molecule has 5 nitrogen and oxygen atoms in total. The zero-order valence-electron chi connectivity index (χ0n) is 14.1. The van der Waals surface area contributed by atoms with Crippen LogP contribution in [0.4, 0.5) is 0 Å². The number of benzene rings is 2. The molecule has 0 aliphatic heterocycles. The number of nitrogens with one attached hydrogen (secondary N) is 1. The molecule has 2 rings (SSSR count). The van der Waals surface area contributed by atoms with Crippen molar-refractivity contribution < 1.29 is 49.0 Å². The average molecular weight is 699 g/mol. The zero-order chi connectivity index (χ0) is 18.6. The first-order valence-electron chi connectivity index (χ1n) is 7.26. The van der Waals surface area contributed by atoms with Crippen molar-refractivity contribution >= 4 is 79.6 Å². The Hall–Kier alpha value is 0.370. The number of amides is 1. The van der Waals surface area contributed by atoms with E-state index >= 15 is 0 Å². The number of rotatable bonds is 6. The van der Waals surface area contributed by atoms with Crippen molar-refractivity contribution in [2.24, 2.45) is 0 Å². The van der Waals surface area contributed by atoms with E-state index in [2.05, 4.69) is 73.1 Å². The number of carbonyl (C=O) groups excluding carboxylic acids is 2. The molecule has 0 saturated carbocycles. The molecule has 9 heteroatoms. The Kier molecular flexibility index (Phi) is 10.7. The number of aliphatic carboxylic acids is 1. The number of para-hydroxylation sites is 1. The first-order chi connectivity index (χ1) is 11.8. The summed E-state index contributed by atoms with van der Waals surface area (Å²) in [5.74, 6) is -0.370. The van der Waals surface area contributed by atoms with E-state index < -0.39 is 5.97 Å². The van der Waals surface area contributed by atoms with Gasteiger partial charge in [-0.3, -0.25) is 4.79 Å². The normalized spacial score (nSPS) is 10.0. The first kappa shape index (κ1) is 24.4. The van der Waals surface area contributed by atoms with Crippen LogP contribution >= 0.6 is 67.8 Å². The van der Waals surface area contributed by atoms with Crippen molar-refractivity contribution in [1.82, 2.24) is 5.32 Å². The Balaban J connectivity index is 0.00000338. The molecule has 0 fully saturated rings. The maximum absolute atomic E-state index is 12.4. The second kappa shape index (κ2) is 11.4. The number of carboxylic acids is 1. The molecule has 1 amide bonds.